The first-order valence-electron chi connectivity index (χ1n) is 6.99. The molecule has 98 valence electrons. The Balaban J connectivity index is 0.000000394. The second-order valence-electron chi connectivity index (χ2n) is 5.18. The van der Waals surface area contributed by atoms with E-state index in [4.69, 9.17) is 0 Å². The first-order chi connectivity index (χ1) is 7.62. The van der Waals surface area contributed by atoms with Gasteiger partial charge in [0.05, 0.1) is 0 Å². The van der Waals surface area contributed by atoms with Crippen LogP contribution in [0, 0.1) is 5.41 Å². The predicted octanol–water partition coefficient (Wildman–Crippen LogP) is 3.09. The summed E-state index contributed by atoms with van der Waals surface area (Å²) in [5.41, 5.74) is 0.737. The first kappa shape index (κ1) is 15.9. The van der Waals surface area contributed by atoms with E-state index in [-0.39, 0.29) is 0 Å². The molecular weight excluding hydrogens is 196 g/mol. The number of hydrogen-bond acceptors (Lipinski definition) is 2. The minimum absolute atomic E-state index is 0.737. The van der Waals surface area contributed by atoms with Crippen molar-refractivity contribution in [2.24, 2.45) is 5.41 Å². The van der Waals surface area contributed by atoms with Gasteiger partial charge in [0, 0.05) is 13.1 Å². The van der Waals surface area contributed by atoms with Gasteiger partial charge in [0.25, 0.3) is 0 Å². The topological polar surface area (TPSA) is 6.48 Å². The number of rotatable bonds is 0. The molecular formula is C14H32N2. The maximum atomic E-state index is 2.45. The zero-order valence-electron chi connectivity index (χ0n) is 12.3. The Morgan fingerprint density at radius 1 is 0.875 bits per heavy atom. The molecule has 2 heterocycles. The first-order valence-corrected chi connectivity index (χ1v) is 6.99. The summed E-state index contributed by atoms with van der Waals surface area (Å²) in [7, 11) is 4.46. The van der Waals surface area contributed by atoms with Crippen LogP contribution in [0.1, 0.15) is 47.0 Å². The van der Waals surface area contributed by atoms with E-state index in [0.717, 1.165) is 5.41 Å². The molecule has 0 aromatic carbocycles. The molecule has 2 fully saturated rings. The van der Waals surface area contributed by atoms with Crippen LogP contribution in [0.4, 0.5) is 0 Å². The lowest BCUT2D eigenvalue weighted by Gasteiger charge is -2.52. The van der Waals surface area contributed by atoms with Crippen LogP contribution in [-0.4, -0.2) is 50.1 Å². The summed E-state index contributed by atoms with van der Waals surface area (Å²) >= 11 is 0. The van der Waals surface area contributed by atoms with E-state index in [1.807, 2.05) is 13.8 Å². The van der Waals surface area contributed by atoms with Crippen molar-refractivity contribution in [3.05, 3.63) is 0 Å². The Kier molecular flexibility index (Phi) is 8.04. The SMILES string of the molecule is CC.CCC.CN1CCC2(CC1)CN(C)C2. The van der Waals surface area contributed by atoms with Gasteiger partial charge in [-0.2, -0.15) is 0 Å². The molecule has 0 amide bonds. The van der Waals surface area contributed by atoms with E-state index >= 15 is 0 Å². The summed E-state index contributed by atoms with van der Waals surface area (Å²) in [5.74, 6) is 0. The number of piperidine rings is 1. The Bertz CT molecular complexity index is 152. The molecule has 2 nitrogen and oxygen atoms in total. The van der Waals surface area contributed by atoms with Crippen molar-refractivity contribution in [1.82, 2.24) is 9.80 Å². The van der Waals surface area contributed by atoms with Crippen LogP contribution in [-0.2, 0) is 0 Å². The molecule has 0 aromatic rings. The highest BCUT2D eigenvalue weighted by molar-refractivity contribution is 4.96. The summed E-state index contributed by atoms with van der Waals surface area (Å²) in [6.07, 6.45) is 4.10. The second-order valence-corrected chi connectivity index (χ2v) is 5.18. The highest BCUT2D eigenvalue weighted by Crippen LogP contribution is 2.38. The van der Waals surface area contributed by atoms with Crippen molar-refractivity contribution < 1.29 is 0 Å². The molecule has 1 spiro atoms. The largest absolute Gasteiger partial charge is 0.306 e. The van der Waals surface area contributed by atoms with Gasteiger partial charge in [-0.1, -0.05) is 34.1 Å². The molecule has 0 bridgehead atoms. The van der Waals surface area contributed by atoms with E-state index < -0.39 is 0 Å². The summed E-state index contributed by atoms with van der Waals surface area (Å²) < 4.78 is 0. The summed E-state index contributed by atoms with van der Waals surface area (Å²) in [6.45, 7) is 13.6. The standard InChI is InChI=1S/C9H18N2.C3H8.C2H6/c1-10-5-3-9(4-6-10)7-11(2)8-9;1-3-2;1-2/h3-8H2,1-2H3;3H2,1-2H3;1-2H3. The fourth-order valence-electron chi connectivity index (χ4n) is 2.51. The minimum atomic E-state index is 0.737. The Morgan fingerprint density at radius 3 is 1.56 bits per heavy atom. The van der Waals surface area contributed by atoms with Crippen LogP contribution in [0.3, 0.4) is 0 Å². The molecule has 16 heavy (non-hydrogen) atoms. The molecule has 0 N–H and O–H groups in total. The lowest BCUT2D eigenvalue weighted by molar-refractivity contribution is -0.0264. The average molecular weight is 228 g/mol. The van der Waals surface area contributed by atoms with Crippen LogP contribution in [0.25, 0.3) is 0 Å². The van der Waals surface area contributed by atoms with Crippen LogP contribution in [0.15, 0.2) is 0 Å². The van der Waals surface area contributed by atoms with Crippen molar-refractivity contribution >= 4 is 0 Å². The van der Waals surface area contributed by atoms with Gasteiger partial charge >= 0.3 is 0 Å². The molecule has 0 saturated carbocycles. The number of nitrogens with zero attached hydrogens (tertiary/aromatic N) is 2. The second kappa shape index (κ2) is 8.08. The smallest absolute Gasteiger partial charge is 0.00484 e. The van der Waals surface area contributed by atoms with Gasteiger partial charge in [0.15, 0.2) is 0 Å². The molecule has 0 radical (unpaired) electrons. The van der Waals surface area contributed by atoms with Crippen molar-refractivity contribution in [3.63, 3.8) is 0 Å². The number of hydrogen-bond donors (Lipinski definition) is 0. The van der Waals surface area contributed by atoms with Crippen molar-refractivity contribution in [1.29, 1.82) is 0 Å². The molecule has 0 unspecified atom stereocenters. The Morgan fingerprint density at radius 2 is 1.25 bits per heavy atom. The maximum Gasteiger partial charge on any atom is 0.00484 e. The highest BCUT2D eigenvalue weighted by Gasteiger charge is 2.42. The third-order valence-corrected chi connectivity index (χ3v) is 3.26. The van der Waals surface area contributed by atoms with Crippen LogP contribution >= 0.6 is 0 Å². The minimum Gasteiger partial charge on any atom is -0.306 e. The van der Waals surface area contributed by atoms with E-state index in [2.05, 4.69) is 37.7 Å². The quantitative estimate of drug-likeness (QED) is 0.629. The average Bonchev–Trinajstić information content (AvgIpc) is 2.24. The fraction of sp³-hybridized carbons (Fsp3) is 1.00. The Hall–Kier alpha value is -0.0800. The van der Waals surface area contributed by atoms with Crippen molar-refractivity contribution in [3.8, 4) is 0 Å². The van der Waals surface area contributed by atoms with Gasteiger partial charge in [-0.3, -0.25) is 0 Å². The third kappa shape index (κ3) is 4.84. The zero-order chi connectivity index (χ0) is 12.6. The normalized spacial score (nSPS) is 23.6. The highest BCUT2D eigenvalue weighted by atomic mass is 15.2. The van der Waals surface area contributed by atoms with Gasteiger partial charge in [-0.05, 0) is 45.4 Å². The molecule has 0 aliphatic carbocycles. The molecule has 0 atom stereocenters. The third-order valence-electron chi connectivity index (χ3n) is 3.26. The molecule has 2 heteroatoms. The van der Waals surface area contributed by atoms with E-state index in [1.54, 1.807) is 0 Å². The lowest BCUT2D eigenvalue weighted by atomic mass is 9.72. The van der Waals surface area contributed by atoms with Crippen LogP contribution in [0.2, 0.25) is 0 Å². The van der Waals surface area contributed by atoms with Gasteiger partial charge < -0.3 is 9.80 Å². The molecule has 2 aliphatic heterocycles. The zero-order valence-corrected chi connectivity index (χ0v) is 12.3. The van der Waals surface area contributed by atoms with Crippen molar-refractivity contribution in [2.45, 2.75) is 47.0 Å². The fourth-order valence-corrected chi connectivity index (χ4v) is 2.51. The number of likely N-dealkylation sites (tertiary alicyclic amines) is 2. The van der Waals surface area contributed by atoms with Gasteiger partial charge in [-0.25, -0.2) is 0 Å². The van der Waals surface area contributed by atoms with Gasteiger partial charge in [0.1, 0.15) is 0 Å². The van der Waals surface area contributed by atoms with Gasteiger partial charge in [-0.15, -0.1) is 0 Å². The van der Waals surface area contributed by atoms with E-state index in [1.165, 1.54) is 45.4 Å². The van der Waals surface area contributed by atoms with Crippen LogP contribution < -0.4 is 0 Å². The predicted molar refractivity (Wildman–Crippen MR) is 74.0 cm³/mol. The lowest BCUT2D eigenvalue weighted by Crippen LogP contribution is -2.58. The molecule has 2 aliphatic rings. The van der Waals surface area contributed by atoms with Crippen molar-refractivity contribution in [2.75, 3.05) is 40.3 Å². The molecule has 2 saturated heterocycles. The molecule has 0 aromatic heterocycles. The molecule has 2 rings (SSSR count). The monoisotopic (exact) mass is 228 g/mol. The van der Waals surface area contributed by atoms with Crippen LogP contribution in [0.5, 0.6) is 0 Å². The summed E-state index contributed by atoms with van der Waals surface area (Å²) in [4.78, 5) is 4.88. The Labute approximate surface area is 103 Å². The maximum absolute atomic E-state index is 2.45. The summed E-state index contributed by atoms with van der Waals surface area (Å²) in [5, 5.41) is 0. The summed E-state index contributed by atoms with van der Waals surface area (Å²) in [6, 6.07) is 0. The van der Waals surface area contributed by atoms with E-state index in [0.29, 0.717) is 0 Å². The van der Waals surface area contributed by atoms with Gasteiger partial charge in [0.2, 0.25) is 0 Å². The van der Waals surface area contributed by atoms with E-state index in [9.17, 15) is 0 Å².